The van der Waals surface area contributed by atoms with Crippen molar-refractivity contribution in [1.29, 1.82) is 0 Å². The molecule has 0 aliphatic rings. The lowest BCUT2D eigenvalue weighted by Crippen LogP contribution is -1.83. The molecule has 17 heavy (non-hydrogen) atoms. The number of aryl methyl sites for hydroxylation is 2. The molecule has 1 rings (SSSR count). The van der Waals surface area contributed by atoms with Crippen LogP contribution in [0, 0.1) is 13.8 Å². The van der Waals surface area contributed by atoms with Gasteiger partial charge in [-0.2, -0.15) is 0 Å². The third kappa shape index (κ3) is 21.0. The Bertz CT molecular complexity index is 306. The van der Waals surface area contributed by atoms with Crippen LogP contribution in [0.25, 0.3) is 0 Å². The zero-order valence-corrected chi connectivity index (χ0v) is 12.3. The zero-order valence-electron chi connectivity index (χ0n) is 11.4. The summed E-state index contributed by atoms with van der Waals surface area (Å²) in [5.41, 5.74) is 2.66. The molecule has 0 saturated carbocycles. The van der Waals surface area contributed by atoms with Crippen LogP contribution in [0.15, 0.2) is 24.3 Å². The number of benzene rings is 1. The Morgan fingerprint density at radius 2 is 1.24 bits per heavy atom. The number of Topliss-reactive ketones (excluding diaryl/α,β-unsaturated/α-hetero) is 1. The number of hydrogen-bond acceptors (Lipinski definition) is 3. The van der Waals surface area contributed by atoms with Gasteiger partial charge in [-0.1, -0.05) is 35.4 Å². The number of ketones is 1. The van der Waals surface area contributed by atoms with Crippen LogP contribution >= 0.6 is 0 Å². The molecule has 1 aromatic carbocycles. The quantitative estimate of drug-likeness (QED) is 0.778. The molecule has 0 fully saturated rings. The molecule has 4 heteroatoms. The normalized spacial score (nSPS) is 10.2. The molecule has 98 valence electrons. The van der Waals surface area contributed by atoms with Crippen LogP contribution in [0.2, 0.25) is 0 Å². The van der Waals surface area contributed by atoms with Gasteiger partial charge in [0.15, 0.2) is 11.1 Å². The fourth-order valence-corrected chi connectivity index (χ4v) is 0.637. The van der Waals surface area contributed by atoms with E-state index in [1.165, 1.54) is 38.3 Å². The first-order valence-corrected chi connectivity index (χ1v) is 6.66. The molecule has 0 bridgehead atoms. The molecule has 1 atom stereocenters. The molecule has 0 heterocycles. The van der Waals surface area contributed by atoms with E-state index in [1.807, 2.05) is 0 Å². The SMILES string of the molecule is CC(C)=O.COS(C)=O.Cc1ccc(C)cc1. The summed E-state index contributed by atoms with van der Waals surface area (Å²) in [7, 11) is 1.40. The molecule has 0 N–H and O–H groups in total. The highest BCUT2D eigenvalue weighted by Crippen LogP contribution is 1.99. The molecule has 3 nitrogen and oxygen atoms in total. The highest BCUT2D eigenvalue weighted by molar-refractivity contribution is 7.79. The van der Waals surface area contributed by atoms with Crippen LogP contribution in [0.3, 0.4) is 0 Å². The van der Waals surface area contributed by atoms with E-state index in [2.05, 4.69) is 42.3 Å². The van der Waals surface area contributed by atoms with Gasteiger partial charge >= 0.3 is 0 Å². The third-order valence-electron chi connectivity index (χ3n) is 1.45. The first-order chi connectivity index (χ1) is 7.79. The summed E-state index contributed by atoms with van der Waals surface area (Å²) in [5.74, 6) is 0.167. The molecule has 0 radical (unpaired) electrons. The lowest BCUT2D eigenvalue weighted by Gasteiger charge is -1.90. The molecule has 0 aromatic heterocycles. The van der Waals surface area contributed by atoms with E-state index in [4.69, 9.17) is 0 Å². The fourth-order valence-electron chi connectivity index (χ4n) is 0.637. The average Bonchev–Trinajstić information content (AvgIpc) is 2.22. The molecular weight excluding hydrogens is 236 g/mol. The van der Waals surface area contributed by atoms with Crippen molar-refractivity contribution < 1.29 is 13.2 Å². The summed E-state index contributed by atoms with van der Waals surface area (Å²) in [6, 6.07) is 8.48. The van der Waals surface area contributed by atoms with Crippen LogP contribution in [0.5, 0.6) is 0 Å². The third-order valence-corrected chi connectivity index (χ3v) is 1.92. The maximum atomic E-state index is 9.70. The highest BCUT2D eigenvalue weighted by Gasteiger charge is 1.79. The molecule has 0 aliphatic carbocycles. The van der Waals surface area contributed by atoms with E-state index in [0.29, 0.717) is 0 Å². The second-order valence-electron chi connectivity index (χ2n) is 3.63. The summed E-state index contributed by atoms with van der Waals surface area (Å²) in [4.78, 5) is 9.44. The predicted octanol–water partition coefficient (Wildman–Crippen LogP) is 2.83. The molecular formula is C13H22O3S. The summed E-state index contributed by atoms with van der Waals surface area (Å²) >= 11 is -1.07. The van der Waals surface area contributed by atoms with Crippen molar-refractivity contribution >= 4 is 16.9 Å². The molecule has 1 aromatic rings. The number of carbonyl (C=O) groups is 1. The van der Waals surface area contributed by atoms with Crippen molar-refractivity contribution in [3.05, 3.63) is 35.4 Å². The Kier molecular flexibility index (Phi) is 12.4. The van der Waals surface area contributed by atoms with Gasteiger partial charge in [0.05, 0.1) is 7.11 Å². The lowest BCUT2D eigenvalue weighted by molar-refractivity contribution is -0.114. The van der Waals surface area contributed by atoms with Gasteiger partial charge in [-0.15, -0.1) is 0 Å². The minimum absolute atomic E-state index is 0.167. The predicted molar refractivity (Wildman–Crippen MR) is 73.3 cm³/mol. The van der Waals surface area contributed by atoms with Gasteiger partial charge in [0.2, 0.25) is 0 Å². The van der Waals surface area contributed by atoms with Gasteiger partial charge in [0, 0.05) is 6.26 Å². The van der Waals surface area contributed by atoms with Crippen molar-refractivity contribution in [2.24, 2.45) is 0 Å². The van der Waals surface area contributed by atoms with Crippen LogP contribution in [-0.4, -0.2) is 23.4 Å². The summed E-state index contributed by atoms with van der Waals surface area (Å²) in [5, 5.41) is 0. The van der Waals surface area contributed by atoms with E-state index in [1.54, 1.807) is 0 Å². The smallest absolute Gasteiger partial charge is 0.151 e. The van der Waals surface area contributed by atoms with Gasteiger partial charge in [-0.05, 0) is 27.7 Å². The molecule has 0 spiro atoms. The van der Waals surface area contributed by atoms with Crippen molar-refractivity contribution in [2.75, 3.05) is 13.4 Å². The van der Waals surface area contributed by atoms with E-state index < -0.39 is 11.1 Å². The van der Waals surface area contributed by atoms with Crippen LogP contribution in [0.4, 0.5) is 0 Å². The molecule has 0 amide bonds. The second kappa shape index (κ2) is 11.5. The van der Waals surface area contributed by atoms with E-state index in [9.17, 15) is 9.00 Å². The second-order valence-corrected chi connectivity index (χ2v) is 4.77. The Balaban J connectivity index is 0. The van der Waals surface area contributed by atoms with Crippen molar-refractivity contribution in [3.8, 4) is 0 Å². The Morgan fingerprint density at radius 1 is 1.06 bits per heavy atom. The lowest BCUT2D eigenvalue weighted by atomic mass is 10.2. The van der Waals surface area contributed by atoms with Gasteiger partial charge in [-0.3, -0.25) is 4.18 Å². The average molecular weight is 258 g/mol. The maximum absolute atomic E-state index is 9.70. The van der Waals surface area contributed by atoms with Crippen molar-refractivity contribution in [1.82, 2.24) is 0 Å². The molecule has 0 saturated heterocycles. The van der Waals surface area contributed by atoms with E-state index in [-0.39, 0.29) is 5.78 Å². The van der Waals surface area contributed by atoms with Crippen LogP contribution in [0.1, 0.15) is 25.0 Å². The molecule has 1 unspecified atom stereocenters. The van der Waals surface area contributed by atoms with Crippen molar-refractivity contribution in [3.63, 3.8) is 0 Å². The highest BCUT2D eigenvalue weighted by atomic mass is 32.2. The van der Waals surface area contributed by atoms with Crippen LogP contribution < -0.4 is 0 Å². The number of carbonyl (C=O) groups excluding carboxylic acids is 1. The monoisotopic (exact) mass is 258 g/mol. The van der Waals surface area contributed by atoms with Crippen molar-refractivity contribution in [2.45, 2.75) is 27.7 Å². The standard InChI is InChI=1S/C8H10.C3H6O.C2H6O2S/c1-7-3-5-8(2)6-4-7;1-3(2)4;1-4-5(2)3/h3-6H,1-2H3;1-2H3;1-2H3. The van der Waals surface area contributed by atoms with Gasteiger partial charge < -0.3 is 4.79 Å². The van der Waals surface area contributed by atoms with Crippen LogP contribution in [-0.2, 0) is 20.1 Å². The van der Waals surface area contributed by atoms with Gasteiger partial charge in [0.1, 0.15) is 5.78 Å². The first-order valence-electron chi connectivity index (χ1n) is 5.18. The summed E-state index contributed by atoms with van der Waals surface area (Å²) in [6.07, 6.45) is 1.47. The zero-order chi connectivity index (χ0) is 13.8. The Labute approximate surface area is 107 Å². The largest absolute Gasteiger partial charge is 0.300 e. The summed E-state index contributed by atoms with van der Waals surface area (Å²) in [6.45, 7) is 7.25. The maximum Gasteiger partial charge on any atom is 0.151 e. The van der Waals surface area contributed by atoms with E-state index in [0.717, 1.165) is 0 Å². The minimum Gasteiger partial charge on any atom is -0.300 e. The van der Waals surface area contributed by atoms with Gasteiger partial charge in [0.25, 0.3) is 0 Å². The first kappa shape index (κ1) is 18.4. The number of rotatable bonds is 1. The minimum atomic E-state index is -1.07. The molecule has 0 aliphatic heterocycles. The van der Waals surface area contributed by atoms with Gasteiger partial charge in [-0.25, -0.2) is 4.21 Å². The summed E-state index contributed by atoms with van der Waals surface area (Å²) < 4.78 is 13.9. The Morgan fingerprint density at radius 3 is 1.35 bits per heavy atom. The van der Waals surface area contributed by atoms with E-state index >= 15 is 0 Å². The topological polar surface area (TPSA) is 43.4 Å². The fraction of sp³-hybridized carbons (Fsp3) is 0.462. The number of hydrogen-bond donors (Lipinski definition) is 0. The Hall–Kier alpha value is -1.00.